The minimum atomic E-state index is 0.0245. The third-order valence-corrected chi connectivity index (χ3v) is 3.21. The van der Waals surface area contributed by atoms with Crippen molar-refractivity contribution in [3.63, 3.8) is 0 Å². The smallest absolute Gasteiger partial charge is 0.134 e. The molecule has 0 bridgehead atoms. The molecule has 0 aliphatic rings. The van der Waals surface area contributed by atoms with Crippen molar-refractivity contribution in [3.8, 4) is 5.75 Å². The monoisotopic (exact) mass is 194 g/mol. The van der Waals surface area contributed by atoms with Crippen LogP contribution in [-0.2, 0) is 6.61 Å². The van der Waals surface area contributed by atoms with Crippen LogP contribution in [0.1, 0.15) is 11.1 Å². The summed E-state index contributed by atoms with van der Waals surface area (Å²) in [6, 6.07) is 3.81. The van der Waals surface area contributed by atoms with E-state index in [1.165, 1.54) is 11.3 Å². The van der Waals surface area contributed by atoms with E-state index < -0.39 is 0 Å². The second-order valence-corrected chi connectivity index (χ2v) is 3.90. The molecular weight excluding hydrogens is 184 g/mol. The topological polar surface area (TPSA) is 40.5 Å². The van der Waals surface area contributed by atoms with E-state index in [1.54, 1.807) is 5.38 Å². The van der Waals surface area contributed by atoms with Crippen molar-refractivity contribution in [3.05, 3.63) is 28.6 Å². The molecule has 0 unspecified atom stereocenters. The lowest BCUT2D eigenvalue weighted by Gasteiger charge is -2.01. The van der Waals surface area contributed by atoms with Crippen molar-refractivity contribution in [2.75, 3.05) is 0 Å². The van der Waals surface area contributed by atoms with Crippen LogP contribution in [0.4, 0.5) is 0 Å². The fraction of sp³-hybridized carbons (Fsp3) is 0.200. The predicted molar refractivity (Wildman–Crippen MR) is 54.1 cm³/mol. The molecule has 0 aliphatic carbocycles. The lowest BCUT2D eigenvalue weighted by atomic mass is 10.1. The summed E-state index contributed by atoms with van der Waals surface area (Å²) in [6.45, 7) is 1.98. The van der Waals surface area contributed by atoms with Gasteiger partial charge in [0.2, 0.25) is 0 Å². The van der Waals surface area contributed by atoms with E-state index in [2.05, 4.69) is 0 Å². The maximum Gasteiger partial charge on any atom is 0.134 e. The van der Waals surface area contributed by atoms with Gasteiger partial charge in [0, 0.05) is 15.5 Å². The van der Waals surface area contributed by atoms with E-state index in [0.29, 0.717) is 5.75 Å². The quantitative estimate of drug-likeness (QED) is 0.731. The highest BCUT2D eigenvalue weighted by atomic mass is 32.1. The number of thiophene rings is 1. The van der Waals surface area contributed by atoms with Crippen LogP contribution in [0.3, 0.4) is 0 Å². The zero-order chi connectivity index (χ0) is 9.42. The highest BCUT2D eigenvalue weighted by molar-refractivity contribution is 7.17. The maximum absolute atomic E-state index is 9.54. The highest BCUT2D eigenvalue weighted by Gasteiger charge is 2.08. The van der Waals surface area contributed by atoms with Gasteiger partial charge < -0.3 is 10.2 Å². The van der Waals surface area contributed by atoms with E-state index in [1.807, 2.05) is 19.1 Å². The van der Waals surface area contributed by atoms with Gasteiger partial charge in [-0.25, -0.2) is 0 Å². The largest absolute Gasteiger partial charge is 0.506 e. The van der Waals surface area contributed by atoms with Crippen molar-refractivity contribution in [2.24, 2.45) is 0 Å². The van der Waals surface area contributed by atoms with Gasteiger partial charge in [-0.05, 0) is 18.1 Å². The van der Waals surface area contributed by atoms with Crippen LogP contribution in [0.15, 0.2) is 17.5 Å². The second kappa shape index (κ2) is 3.01. The fourth-order valence-electron chi connectivity index (χ4n) is 1.48. The summed E-state index contributed by atoms with van der Waals surface area (Å²) in [6.07, 6.45) is 0. The first-order valence-corrected chi connectivity index (χ1v) is 4.91. The molecule has 0 radical (unpaired) electrons. The first-order valence-electron chi connectivity index (χ1n) is 4.03. The van der Waals surface area contributed by atoms with E-state index in [-0.39, 0.29) is 6.61 Å². The molecule has 68 valence electrons. The summed E-state index contributed by atoms with van der Waals surface area (Å²) in [5.74, 6) is 0.313. The van der Waals surface area contributed by atoms with Crippen molar-refractivity contribution in [1.82, 2.24) is 0 Å². The first kappa shape index (κ1) is 8.53. The molecule has 2 aromatic rings. The zero-order valence-electron chi connectivity index (χ0n) is 7.24. The number of aryl methyl sites for hydroxylation is 1. The Morgan fingerprint density at radius 2 is 2.15 bits per heavy atom. The van der Waals surface area contributed by atoms with Crippen LogP contribution < -0.4 is 0 Å². The average molecular weight is 194 g/mol. The molecule has 1 aromatic carbocycles. The summed E-state index contributed by atoms with van der Waals surface area (Å²) < 4.78 is 0.986. The van der Waals surface area contributed by atoms with Gasteiger partial charge in [0.25, 0.3) is 0 Å². The van der Waals surface area contributed by atoms with Crippen LogP contribution in [-0.4, -0.2) is 10.2 Å². The Balaban J connectivity index is 2.87. The van der Waals surface area contributed by atoms with Gasteiger partial charge in [0.15, 0.2) is 0 Å². The molecule has 3 heteroatoms. The number of aromatic hydroxyl groups is 1. The Labute approximate surface area is 80.1 Å². The van der Waals surface area contributed by atoms with Gasteiger partial charge in [-0.3, -0.25) is 0 Å². The molecule has 0 saturated carbocycles. The van der Waals surface area contributed by atoms with Crippen molar-refractivity contribution < 1.29 is 10.2 Å². The zero-order valence-corrected chi connectivity index (χ0v) is 8.06. The lowest BCUT2D eigenvalue weighted by Crippen LogP contribution is -1.84. The van der Waals surface area contributed by atoms with E-state index in [0.717, 1.165) is 21.2 Å². The van der Waals surface area contributed by atoms with Crippen LogP contribution in [0.5, 0.6) is 5.75 Å². The number of benzene rings is 1. The third-order valence-electron chi connectivity index (χ3n) is 2.16. The summed E-state index contributed by atoms with van der Waals surface area (Å²) >= 11 is 1.47. The van der Waals surface area contributed by atoms with Gasteiger partial charge in [-0.1, -0.05) is 12.1 Å². The van der Waals surface area contributed by atoms with Gasteiger partial charge in [0.05, 0.1) is 6.61 Å². The number of hydrogen-bond acceptors (Lipinski definition) is 3. The van der Waals surface area contributed by atoms with Gasteiger partial charge in [0.1, 0.15) is 5.75 Å². The van der Waals surface area contributed by atoms with Crippen LogP contribution in [0.25, 0.3) is 10.1 Å². The van der Waals surface area contributed by atoms with E-state index >= 15 is 0 Å². The molecule has 0 aliphatic heterocycles. The number of rotatable bonds is 1. The van der Waals surface area contributed by atoms with E-state index in [4.69, 9.17) is 5.11 Å². The average Bonchev–Trinajstić information content (AvgIpc) is 2.50. The van der Waals surface area contributed by atoms with Crippen molar-refractivity contribution in [1.29, 1.82) is 0 Å². The molecule has 0 fully saturated rings. The van der Waals surface area contributed by atoms with Gasteiger partial charge in [-0.15, -0.1) is 11.3 Å². The molecule has 2 rings (SSSR count). The Kier molecular flexibility index (Phi) is 1.98. The molecule has 1 aromatic heterocycles. The minimum absolute atomic E-state index is 0.0245. The number of aliphatic hydroxyl groups excluding tert-OH is 1. The molecule has 13 heavy (non-hydrogen) atoms. The van der Waals surface area contributed by atoms with Crippen molar-refractivity contribution >= 4 is 21.4 Å². The van der Waals surface area contributed by atoms with Crippen LogP contribution >= 0.6 is 11.3 Å². The lowest BCUT2D eigenvalue weighted by molar-refractivity contribution is 0.283. The molecule has 2 N–H and O–H groups in total. The summed E-state index contributed by atoms with van der Waals surface area (Å²) in [5, 5.41) is 21.2. The van der Waals surface area contributed by atoms with Gasteiger partial charge >= 0.3 is 0 Å². The maximum atomic E-state index is 9.54. The third kappa shape index (κ3) is 1.20. The summed E-state index contributed by atoms with van der Waals surface area (Å²) in [4.78, 5) is 0. The fourth-order valence-corrected chi connectivity index (χ4v) is 2.49. The number of hydrogen-bond donors (Lipinski definition) is 2. The normalized spacial score (nSPS) is 10.9. The molecule has 0 saturated heterocycles. The van der Waals surface area contributed by atoms with Crippen LogP contribution in [0.2, 0.25) is 0 Å². The Morgan fingerprint density at radius 3 is 2.85 bits per heavy atom. The second-order valence-electron chi connectivity index (χ2n) is 3.02. The minimum Gasteiger partial charge on any atom is -0.506 e. The van der Waals surface area contributed by atoms with Gasteiger partial charge in [-0.2, -0.15) is 0 Å². The SMILES string of the molecule is Cc1ccc(CO)c2scc(O)c12. The first-order chi connectivity index (χ1) is 6.24. The Hall–Kier alpha value is -1.06. The molecule has 1 heterocycles. The molecule has 0 atom stereocenters. The Morgan fingerprint density at radius 1 is 1.38 bits per heavy atom. The van der Waals surface area contributed by atoms with E-state index in [9.17, 15) is 5.11 Å². The number of fused-ring (bicyclic) bond motifs is 1. The van der Waals surface area contributed by atoms with Crippen molar-refractivity contribution in [2.45, 2.75) is 13.5 Å². The predicted octanol–water partition coefficient (Wildman–Crippen LogP) is 2.41. The standard InChI is InChI=1S/C10H10O2S/c1-6-2-3-7(4-11)10-9(6)8(12)5-13-10/h2-3,5,11-12H,4H2,1H3. The van der Waals surface area contributed by atoms with Crippen LogP contribution in [0, 0.1) is 6.92 Å². The summed E-state index contributed by atoms with van der Waals surface area (Å²) in [5.41, 5.74) is 1.93. The molecular formula is C10H10O2S. The molecule has 0 amide bonds. The Bertz CT molecular complexity index is 445. The number of aliphatic hydroxyl groups is 1. The summed E-state index contributed by atoms with van der Waals surface area (Å²) in [7, 11) is 0. The highest BCUT2D eigenvalue weighted by Crippen LogP contribution is 2.35. The molecule has 2 nitrogen and oxygen atoms in total. The molecule has 0 spiro atoms.